The molecule has 2 rings (SSSR count). The van der Waals surface area contributed by atoms with Gasteiger partial charge in [0.05, 0.1) is 0 Å². The molecule has 0 amide bonds. The summed E-state index contributed by atoms with van der Waals surface area (Å²) in [7, 11) is -1.46. The Bertz CT molecular complexity index is 541. The summed E-state index contributed by atoms with van der Waals surface area (Å²) >= 11 is 6.14. The zero-order chi connectivity index (χ0) is 12.4. The number of hydrogen-bond acceptors (Lipinski definition) is 2. The molecule has 0 unspecified atom stereocenters. The summed E-state index contributed by atoms with van der Waals surface area (Å²) < 4.78 is 0. The van der Waals surface area contributed by atoms with Gasteiger partial charge in [-0.2, -0.15) is 0 Å². The van der Waals surface area contributed by atoms with Gasteiger partial charge < -0.3 is 10.0 Å². The molecule has 0 radical (unpaired) electrons. The van der Waals surface area contributed by atoms with E-state index in [1.165, 1.54) is 0 Å². The SMILES string of the molecule is Cc1ccc(B(O)O)cc1-c1ccccc1Cl. The molecule has 0 heterocycles. The molecule has 0 aliphatic heterocycles. The van der Waals surface area contributed by atoms with Gasteiger partial charge in [0.1, 0.15) is 0 Å². The number of rotatable bonds is 2. The van der Waals surface area contributed by atoms with E-state index in [1.807, 2.05) is 37.3 Å². The number of aryl methyl sites for hydroxylation is 1. The minimum absolute atomic E-state index is 0.463. The van der Waals surface area contributed by atoms with Crippen LogP contribution in [0.25, 0.3) is 11.1 Å². The Balaban J connectivity index is 2.59. The zero-order valence-electron chi connectivity index (χ0n) is 9.39. The third-order valence-corrected chi connectivity index (χ3v) is 3.05. The first kappa shape index (κ1) is 12.2. The van der Waals surface area contributed by atoms with Crippen LogP contribution in [-0.2, 0) is 0 Å². The van der Waals surface area contributed by atoms with Crippen molar-refractivity contribution < 1.29 is 10.0 Å². The Kier molecular flexibility index (Phi) is 3.53. The van der Waals surface area contributed by atoms with Gasteiger partial charge in [-0.1, -0.05) is 48.0 Å². The van der Waals surface area contributed by atoms with Gasteiger partial charge in [-0.15, -0.1) is 0 Å². The van der Waals surface area contributed by atoms with E-state index < -0.39 is 7.12 Å². The van der Waals surface area contributed by atoms with Crippen LogP contribution in [0, 0.1) is 6.92 Å². The summed E-state index contributed by atoms with van der Waals surface area (Å²) in [6, 6.07) is 12.8. The number of hydrogen-bond donors (Lipinski definition) is 2. The molecule has 0 aromatic heterocycles. The van der Waals surface area contributed by atoms with E-state index in [9.17, 15) is 10.0 Å². The summed E-state index contributed by atoms with van der Waals surface area (Å²) in [6.45, 7) is 1.96. The largest absolute Gasteiger partial charge is 0.488 e. The molecule has 0 atom stereocenters. The first-order valence-corrected chi connectivity index (χ1v) is 5.69. The topological polar surface area (TPSA) is 40.5 Å². The van der Waals surface area contributed by atoms with Gasteiger partial charge in [0.15, 0.2) is 0 Å². The first-order valence-electron chi connectivity index (χ1n) is 5.31. The molecule has 0 saturated carbocycles. The molecular weight excluding hydrogens is 234 g/mol. The average molecular weight is 247 g/mol. The molecule has 0 spiro atoms. The molecule has 2 aromatic carbocycles. The van der Waals surface area contributed by atoms with Gasteiger partial charge in [-0.25, -0.2) is 0 Å². The van der Waals surface area contributed by atoms with Gasteiger partial charge in [0.25, 0.3) is 0 Å². The fourth-order valence-electron chi connectivity index (χ4n) is 1.77. The lowest BCUT2D eigenvalue weighted by Gasteiger charge is -2.10. The smallest absolute Gasteiger partial charge is 0.423 e. The van der Waals surface area contributed by atoms with E-state index in [1.54, 1.807) is 12.1 Å². The minimum atomic E-state index is -1.46. The molecule has 0 bridgehead atoms. The van der Waals surface area contributed by atoms with Gasteiger partial charge in [0.2, 0.25) is 0 Å². The van der Waals surface area contributed by atoms with Crippen LogP contribution in [0.3, 0.4) is 0 Å². The quantitative estimate of drug-likeness (QED) is 0.796. The van der Waals surface area contributed by atoms with Gasteiger partial charge >= 0.3 is 7.12 Å². The fourth-order valence-corrected chi connectivity index (χ4v) is 2.01. The number of benzene rings is 2. The van der Waals surface area contributed by atoms with Crippen LogP contribution < -0.4 is 5.46 Å². The molecule has 17 heavy (non-hydrogen) atoms. The van der Waals surface area contributed by atoms with Crippen molar-refractivity contribution in [2.75, 3.05) is 0 Å². The molecule has 2 nitrogen and oxygen atoms in total. The first-order chi connectivity index (χ1) is 8.09. The van der Waals surface area contributed by atoms with Crippen molar-refractivity contribution in [1.82, 2.24) is 0 Å². The van der Waals surface area contributed by atoms with Crippen LogP contribution in [0.5, 0.6) is 0 Å². The van der Waals surface area contributed by atoms with E-state index in [2.05, 4.69) is 0 Å². The Morgan fingerprint density at radius 3 is 2.35 bits per heavy atom. The standard InChI is InChI=1S/C13H12BClO2/c1-9-6-7-10(14(16)17)8-12(9)11-4-2-3-5-13(11)15/h2-8,16-17H,1H3. The minimum Gasteiger partial charge on any atom is -0.423 e. The highest BCUT2D eigenvalue weighted by atomic mass is 35.5. The molecule has 2 aromatic rings. The van der Waals surface area contributed by atoms with Gasteiger partial charge in [-0.3, -0.25) is 0 Å². The Hall–Kier alpha value is -1.29. The molecule has 0 aliphatic carbocycles. The molecule has 2 N–H and O–H groups in total. The summed E-state index contributed by atoms with van der Waals surface area (Å²) in [5.74, 6) is 0. The third kappa shape index (κ3) is 2.52. The van der Waals surface area contributed by atoms with E-state index in [4.69, 9.17) is 11.6 Å². The van der Waals surface area contributed by atoms with Crippen LogP contribution in [-0.4, -0.2) is 17.2 Å². The maximum Gasteiger partial charge on any atom is 0.488 e. The highest BCUT2D eigenvalue weighted by molar-refractivity contribution is 6.58. The van der Waals surface area contributed by atoms with Crippen LogP contribution in [0.4, 0.5) is 0 Å². The fraction of sp³-hybridized carbons (Fsp3) is 0.0769. The second kappa shape index (κ2) is 4.92. The van der Waals surface area contributed by atoms with E-state index in [0.717, 1.165) is 16.7 Å². The van der Waals surface area contributed by atoms with Crippen molar-refractivity contribution >= 4 is 24.2 Å². The summed E-state index contributed by atoms with van der Waals surface area (Å²) in [4.78, 5) is 0. The van der Waals surface area contributed by atoms with E-state index in [-0.39, 0.29) is 0 Å². The Morgan fingerprint density at radius 1 is 1.00 bits per heavy atom. The van der Waals surface area contributed by atoms with Crippen molar-refractivity contribution in [1.29, 1.82) is 0 Å². The lowest BCUT2D eigenvalue weighted by atomic mass is 9.78. The highest BCUT2D eigenvalue weighted by Gasteiger charge is 2.14. The van der Waals surface area contributed by atoms with Crippen molar-refractivity contribution in [2.45, 2.75) is 6.92 Å². The summed E-state index contributed by atoms with van der Waals surface area (Å²) in [5, 5.41) is 19.0. The lowest BCUT2D eigenvalue weighted by molar-refractivity contribution is 0.426. The van der Waals surface area contributed by atoms with Gasteiger partial charge in [-0.05, 0) is 29.6 Å². The maximum atomic E-state index is 9.18. The molecular formula is C13H12BClO2. The molecule has 0 saturated heterocycles. The van der Waals surface area contributed by atoms with Crippen LogP contribution in [0.2, 0.25) is 5.02 Å². The lowest BCUT2D eigenvalue weighted by Crippen LogP contribution is -2.29. The summed E-state index contributed by atoms with van der Waals surface area (Å²) in [6.07, 6.45) is 0. The number of halogens is 1. The zero-order valence-corrected chi connectivity index (χ0v) is 10.1. The Morgan fingerprint density at radius 2 is 1.71 bits per heavy atom. The second-order valence-electron chi connectivity index (χ2n) is 3.93. The predicted octanol–water partition coefficient (Wildman–Crippen LogP) is 2.00. The van der Waals surface area contributed by atoms with E-state index in [0.29, 0.717) is 10.5 Å². The van der Waals surface area contributed by atoms with Crippen molar-refractivity contribution in [3.8, 4) is 11.1 Å². The second-order valence-corrected chi connectivity index (χ2v) is 4.34. The monoisotopic (exact) mass is 246 g/mol. The Labute approximate surface area is 106 Å². The van der Waals surface area contributed by atoms with Crippen molar-refractivity contribution in [3.63, 3.8) is 0 Å². The van der Waals surface area contributed by atoms with Crippen LogP contribution >= 0.6 is 11.6 Å². The summed E-state index contributed by atoms with van der Waals surface area (Å²) in [5.41, 5.74) is 3.32. The average Bonchev–Trinajstić information content (AvgIpc) is 2.30. The molecule has 0 fully saturated rings. The predicted molar refractivity (Wildman–Crippen MR) is 71.5 cm³/mol. The third-order valence-electron chi connectivity index (χ3n) is 2.72. The molecule has 4 heteroatoms. The molecule has 0 aliphatic rings. The van der Waals surface area contributed by atoms with Crippen LogP contribution in [0.1, 0.15) is 5.56 Å². The van der Waals surface area contributed by atoms with Gasteiger partial charge in [0, 0.05) is 10.6 Å². The van der Waals surface area contributed by atoms with E-state index >= 15 is 0 Å². The van der Waals surface area contributed by atoms with Crippen LogP contribution in [0.15, 0.2) is 42.5 Å². The van der Waals surface area contributed by atoms with Crippen molar-refractivity contribution in [3.05, 3.63) is 53.1 Å². The normalized spacial score (nSPS) is 10.4. The molecule has 86 valence electrons. The maximum absolute atomic E-state index is 9.18. The highest BCUT2D eigenvalue weighted by Crippen LogP contribution is 2.29. The van der Waals surface area contributed by atoms with Crippen molar-refractivity contribution in [2.24, 2.45) is 0 Å².